The van der Waals surface area contributed by atoms with Crippen molar-refractivity contribution in [2.45, 2.75) is 64.1 Å². The lowest BCUT2D eigenvalue weighted by molar-refractivity contribution is -0.262. The second-order valence-electron chi connectivity index (χ2n) is 7.36. The van der Waals surface area contributed by atoms with Gasteiger partial charge in [0.25, 0.3) is 0 Å². The van der Waals surface area contributed by atoms with Crippen molar-refractivity contribution in [3.8, 4) is 11.8 Å². The van der Waals surface area contributed by atoms with Gasteiger partial charge in [-0.1, -0.05) is 24.0 Å². The highest BCUT2D eigenvalue weighted by atomic mass is 16.7. The highest BCUT2D eigenvalue weighted by Gasteiger charge is 2.47. The summed E-state index contributed by atoms with van der Waals surface area (Å²) in [6.07, 6.45) is -0.199. The van der Waals surface area contributed by atoms with Crippen molar-refractivity contribution in [1.29, 1.82) is 0 Å². The molecule has 144 valence electrons. The van der Waals surface area contributed by atoms with Crippen molar-refractivity contribution < 1.29 is 28.9 Å². The van der Waals surface area contributed by atoms with Gasteiger partial charge in [0.15, 0.2) is 6.10 Å². The van der Waals surface area contributed by atoms with E-state index in [1.165, 1.54) is 13.8 Å². The van der Waals surface area contributed by atoms with Gasteiger partial charge in [0.1, 0.15) is 5.60 Å². The second-order valence-corrected chi connectivity index (χ2v) is 7.36. The first-order valence-corrected chi connectivity index (χ1v) is 9.13. The van der Waals surface area contributed by atoms with Crippen LogP contribution in [0.3, 0.4) is 0 Å². The highest BCUT2D eigenvalue weighted by molar-refractivity contribution is 5.92. The molecule has 1 heterocycles. The first-order chi connectivity index (χ1) is 12.8. The van der Waals surface area contributed by atoms with Crippen LogP contribution in [0.25, 0.3) is 0 Å². The third-order valence-corrected chi connectivity index (χ3v) is 4.65. The average Bonchev–Trinajstić information content (AvgIpc) is 3.40. The van der Waals surface area contributed by atoms with E-state index in [2.05, 4.69) is 11.8 Å². The van der Waals surface area contributed by atoms with Gasteiger partial charge in [-0.05, 0) is 38.8 Å². The summed E-state index contributed by atoms with van der Waals surface area (Å²) in [6, 6.07) is 7.01. The van der Waals surface area contributed by atoms with Crippen molar-refractivity contribution in [2.24, 2.45) is 5.92 Å². The van der Waals surface area contributed by atoms with Crippen molar-refractivity contribution in [1.82, 2.24) is 0 Å². The summed E-state index contributed by atoms with van der Waals surface area (Å²) in [5, 5.41) is 10.6. The van der Waals surface area contributed by atoms with Crippen molar-refractivity contribution >= 4 is 11.9 Å². The normalized spacial score (nSPS) is 30.0. The Balaban J connectivity index is 1.70. The van der Waals surface area contributed by atoms with Crippen molar-refractivity contribution in [2.75, 3.05) is 0 Å². The average molecular weight is 372 g/mol. The van der Waals surface area contributed by atoms with Crippen LogP contribution in [0.1, 0.15) is 56.0 Å². The molecular formula is C21H24O6. The molecule has 0 aromatic heterocycles. The van der Waals surface area contributed by atoms with E-state index in [-0.39, 0.29) is 6.42 Å². The fourth-order valence-corrected chi connectivity index (χ4v) is 3.15. The zero-order valence-corrected chi connectivity index (χ0v) is 15.7. The van der Waals surface area contributed by atoms with Gasteiger partial charge in [0.05, 0.1) is 11.7 Å². The summed E-state index contributed by atoms with van der Waals surface area (Å²) in [5.41, 5.74) is -0.397. The Labute approximate surface area is 158 Å². The molecule has 4 atom stereocenters. The van der Waals surface area contributed by atoms with Crippen LogP contribution in [0.15, 0.2) is 24.3 Å². The standard InChI is InChI=1S/C21H24O6/c1-13-19(26-14(2)22)21(3,24)12-18(25-13)27-20(23)17-7-5-4-6-16(17)11-10-15-8-9-15/h4-7,13,15,18-19,24H,8-9,12H2,1-3H3/t13-,18+,19+,21+/m0/s1. The Morgan fingerprint density at radius 2 is 1.96 bits per heavy atom. The zero-order valence-electron chi connectivity index (χ0n) is 15.7. The molecule has 2 fully saturated rings. The molecule has 6 heteroatoms. The molecule has 0 spiro atoms. The maximum absolute atomic E-state index is 12.6. The molecule has 0 bridgehead atoms. The fraction of sp³-hybridized carbons (Fsp3) is 0.524. The van der Waals surface area contributed by atoms with Crippen LogP contribution < -0.4 is 0 Å². The van der Waals surface area contributed by atoms with Crippen LogP contribution in [-0.4, -0.2) is 41.1 Å². The van der Waals surface area contributed by atoms with E-state index in [0.717, 1.165) is 12.8 Å². The number of hydrogen-bond donors (Lipinski definition) is 1. The highest BCUT2D eigenvalue weighted by Crippen LogP contribution is 2.32. The maximum Gasteiger partial charge on any atom is 0.341 e. The van der Waals surface area contributed by atoms with Gasteiger partial charge in [-0.25, -0.2) is 4.79 Å². The topological polar surface area (TPSA) is 82.1 Å². The summed E-state index contributed by atoms with van der Waals surface area (Å²) in [7, 11) is 0. The minimum atomic E-state index is -1.38. The van der Waals surface area contributed by atoms with E-state index < -0.39 is 36.0 Å². The van der Waals surface area contributed by atoms with Gasteiger partial charge in [-0.2, -0.15) is 0 Å². The van der Waals surface area contributed by atoms with Gasteiger partial charge >= 0.3 is 11.9 Å². The van der Waals surface area contributed by atoms with Gasteiger partial charge in [0.2, 0.25) is 6.29 Å². The molecule has 3 rings (SSSR count). The Morgan fingerprint density at radius 3 is 2.59 bits per heavy atom. The molecule has 1 aromatic rings. The zero-order chi connectivity index (χ0) is 19.6. The van der Waals surface area contributed by atoms with Crippen molar-refractivity contribution in [3.63, 3.8) is 0 Å². The summed E-state index contributed by atoms with van der Waals surface area (Å²) in [4.78, 5) is 23.9. The Hall–Kier alpha value is -2.36. The lowest BCUT2D eigenvalue weighted by Gasteiger charge is -2.43. The molecular weight excluding hydrogens is 348 g/mol. The van der Waals surface area contributed by atoms with E-state index in [1.807, 2.05) is 6.07 Å². The summed E-state index contributed by atoms with van der Waals surface area (Å²) >= 11 is 0. The summed E-state index contributed by atoms with van der Waals surface area (Å²) in [6.45, 7) is 4.47. The summed E-state index contributed by atoms with van der Waals surface area (Å²) in [5.74, 6) is 5.54. The lowest BCUT2D eigenvalue weighted by Crippen LogP contribution is -2.57. The molecule has 1 N–H and O–H groups in total. The molecule has 0 unspecified atom stereocenters. The van der Waals surface area contributed by atoms with E-state index in [1.54, 1.807) is 25.1 Å². The molecule has 6 nitrogen and oxygen atoms in total. The Morgan fingerprint density at radius 1 is 1.26 bits per heavy atom. The van der Waals surface area contributed by atoms with E-state index in [4.69, 9.17) is 14.2 Å². The predicted molar refractivity (Wildman–Crippen MR) is 96.6 cm³/mol. The molecule has 0 radical (unpaired) electrons. The quantitative estimate of drug-likeness (QED) is 0.648. The first-order valence-electron chi connectivity index (χ1n) is 9.13. The third-order valence-electron chi connectivity index (χ3n) is 4.65. The number of carbonyl (C=O) groups excluding carboxylic acids is 2. The SMILES string of the molecule is CC(=O)O[C@@H]1[C@H](C)O[C@H](OC(=O)c2ccccc2C#CC2CC2)C[C@@]1(C)O. The van der Waals surface area contributed by atoms with Gasteiger partial charge < -0.3 is 19.3 Å². The van der Waals surface area contributed by atoms with Gasteiger partial charge in [-0.15, -0.1) is 0 Å². The number of aliphatic hydroxyl groups is 1. The van der Waals surface area contributed by atoms with E-state index in [0.29, 0.717) is 17.0 Å². The van der Waals surface area contributed by atoms with Gasteiger partial charge in [-0.3, -0.25) is 4.79 Å². The predicted octanol–water partition coefficient (Wildman–Crippen LogP) is 2.42. The van der Waals surface area contributed by atoms with Crippen LogP contribution in [-0.2, 0) is 19.0 Å². The van der Waals surface area contributed by atoms with Crippen LogP contribution in [0.5, 0.6) is 0 Å². The minimum absolute atomic E-state index is 0.00303. The lowest BCUT2D eigenvalue weighted by atomic mass is 9.88. The molecule has 1 saturated carbocycles. The smallest absolute Gasteiger partial charge is 0.341 e. The third kappa shape index (κ3) is 4.88. The van der Waals surface area contributed by atoms with Crippen LogP contribution in [0, 0.1) is 17.8 Å². The minimum Gasteiger partial charge on any atom is -0.457 e. The Bertz CT molecular complexity index is 783. The molecule has 0 amide bonds. The fourth-order valence-electron chi connectivity index (χ4n) is 3.15. The Kier molecular flexibility index (Phi) is 5.54. The van der Waals surface area contributed by atoms with E-state index in [9.17, 15) is 14.7 Å². The number of esters is 2. The number of carbonyl (C=O) groups is 2. The molecule has 2 aliphatic rings. The molecule has 1 saturated heterocycles. The summed E-state index contributed by atoms with van der Waals surface area (Å²) < 4.78 is 16.3. The largest absolute Gasteiger partial charge is 0.457 e. The van der Waals surface area contributed by atoms with Crippen LogP contribution in [0.2, 0.25) is 0 Å². The second kappa shape index (κ2) is 7.71. The first kappa shape index (κ1) is 19.4. The monoisotopic (exact) mass is 372 g/mol. The number of benzene rings is 1. The van der Waals surface area contributed by atoms with Crippen LogP contribution in [0.4, 0.5) is 0 Å². The number of rotatable bonds is 3. The molecule has 1 aliphatic heterocycles. The molecule has 1 aliphatic carbocycles. The number of hydrogen-bond acceptors (Lipinski definition) is 6. The van der Waals surface area contributed by atoms with E-state index >= 15 is 0 Å². The molecule has 27 heavy (non-hydrogen) atoms. The molecule has 1 aromatic carbocycles. The number of ether oxygens (including phenoxy) is 3. The van der Waals surface area contributed by atoms with Gasteiger partial charge in [0, 0.05) is 24.8 Å². The van der Waals surface area contributed by atoms with Crippen LogP contribution >= 0.6 is 0 Å². The maximum atomic E-state index is 12.6. The van der Waals surface area contributed by atoms with Crippen molar-refractivity contribution in [3.05, 3.63) is 35.4 Å².